The quantitative estimate of drug-likeness (QED) is 0.783. The van der Waals surface area contributed by atoms with E-state index < -0.39 is 28.3 Å². The van der Waals surface area contributed by atoms with Crippen molar-refractivity contribution in [3.05, 3.63) is 53.3 Å². The van der Waals surface area contributed by atoms with Crippen molar-refractivity contribution in [2.45, 2.75) is 25.7 Å². The Morgan fingerprint density at radius 3 is 2.48 bits per heavy atom. The molecule has 2 rings (SSSR count). The lowest BCUT2D eigenvalue weighted by molar-refractivity contribution is -0.116. The van der Waals surface area contributed by atoms with Gasteiger partial charge in [0, 0.05) is 12.7 Å². The molecule has 27 heavy (non-hydrogen) atoms. The minimum Gasteiger partial charge on any atom is -0.494 e. The summed E-state index contributed by atoms with van der Waals surface area (Å²) in [4.78, 5) is 12.3. The maximum atomic E-state index is 13.3. The standard InChI is InChI=1S/C19H23FN2O4S/c1-5-26-18-9-8-16(10-14(18)3)27(24,25)22(4)12-19(23)21-17-11-15(20)7-6-13(17)2/h6-11H,5,12H2,1-4H3,(H,21,23). The van der Waals surface area contributed by atoms with Gasteiger partial charge in [0.15, 0.2) is 0 Å². The van der Waals surface area contributed by atoms with Crippen molar-refractivity contribution in [3.63, 3.8) is 0 Å². The van der Waals surface area contributed by atoms with Crippen molar-refractivity contribution < 1.29 is 22.3 Å². The molecule has 0 atom stereocenters. The lowest BCUT2D eigenvalue weighted by Crippen LogP contribution is -2.35. The van der Waals surface area contributed by atoms with E-state index in [1.165, 1.54) is 37.4 Å². The van der Waals surface area contributed by atoms with Crippen molar-refractivity contribution in [2.75, 3.05) is 25.5 Å². The summed E-state index contributed by atoms with van der Waals surface area (Å²) in [5.41, 5.74) is 1.67. The Morgan fingerprint density at radius 2 is 1.85 bits per heavy atom. The fourth-order valence-corrected chi connectivity index (χ4v) is 3.70. The molecule has 0 spiro atoms. The van der Waals surface area contributed by atoms with Crippen LogP contribution in [0.1, 0.15) is 18.1 Å². The molecular formula is C19H23FN2O4S. The van der Waals surface area contributed by atoms with Crippen LogP contribution in [0.5, 0.6) is 5.75 Å². The largest absolute Gasteiger partial charge is 0.494 e. The van der Waals surface area contributed by atoms with Crippen molar-refractivity contribution in [1.82, 2.24) is 4.31 Å². The Bertz CT molecular complexity index is 945. The fraction of sp³-hybridized carbons (Fsp3) is 0.316. The second-order valence-electron chi connectivity index (χ2n) is 6.13. The van der Waals surface area contributed by atoms with E-state index >= 15 is 0 Å². The minimum atomic E-state index is -3.86. The lowest BCUT2D eigenvalue weighted by Gasteiger charge is -2.18. The monoisotopic (exact) mass is 394 g/mol. The lowest BCUT2D eigenvalue weighted by atomic mass is 10.2. The first-order valence-corrected chi connectivity index (χ1v) is 9.85. The predicted molar refractivity (Wildman–Crippen MR) is 102 cm³/mol. The van der Waals surface area contributed by atoms with Crippen LogP contribution in [0.15, 0.2) is 41.3 Å². The number of carbonyl (C=O) groups is 1. The number of ether oxygens (including phenoxy) is 1. The molecule has 0 bridgehead atoms. The number of hydrogen-bond acceptors (Lipinski definition) is 4. The molecule has 0 aliphatic rings. The zero-order chi connectivity index (χ0) is 20.2. The van der Waals surface area contributed by atoms with Crippen LogP contribution in [-0.2, 0) is 14.8 Å². The number of carbonyl (C=O) groups excluding carboxylic acids is 1. The maximum Gasteiger partial charge on any atom is 0.243 e. The highest BCUT2D eigenvalue weighted by Crippen LogP contribution is 2.24. The molecule has 0 aromatic heterocycles. The van der Waals surface area contributed by atoms with Crippen LogP contribution >= 0.6 is 0 Å². The highest BCUT2D eigenvalue weighted by Gasteiger charge is 2.24. The van der Waals surface area contributed by atoms with Gasteiger partial charge in [-0.2, -0.15) is 4.31 Å². The molecule has 146 valence electrons. The van der Waals surface area contributed by atoms with Crippen LogP contribution in [0.2, 0.25) is 0 Å². The first-order chi connectivity index (χ1) is 12.6. The van der Waals surface area contributed by atoms with Crippen molar-refractivity contribution in [1.29, 1.82) is 0 Å². The Morgan fingerprint density at radius 1 is 1.15 bits per heavy atom. The summed E-state index contributed by atoms with van der Waals surface area (Å²) in [5.74, 6) is -0.433. The number of aryl methyl sites for hydroxylation is 2. The number of hydrogen-bond donors (Lipinski definition) is 1. The molecule has 0 saturated heterocycles. The summed E-state index contributed by atoms with van der Waals surface area (Å²) >= 11 is 0. The summed E-state index contributed by atoms with van der Waals surface area (Å²) in [5, 5.41) is 2.54. The summed E-state index contributed by atoms with van der Waals surface area (Å²) < 4.78 is 45.1. The molecule has 6 nitrogen and oxygen atoms in total. The van der Waals surface area contributed by atoms with E-state index in [2.05, 4.69) is 5.32 Å². The first-order valence-electron chi connectivity index (χ1n) is 8.41. The second kappa shape index (κ2) is 8.49. The third kappa shape index (κ3) is 5.05. The van der Waals surface area contributed by atoms with E-state index in [4.69, 9.17) is 4.74 Å². The number of benzene rings is 2. The second-order valence-corrected chi connectivity index (χ2v) is 8.17. The number of halogens is 1. The molecule has 0 fully saturated rings. The normalized spacial score (nSPS) is 11.5. The molecule has 2 aromatic rings. The van der Waals surface area contributed by atoms with E-state index in [-0.39, 0.29) is 4.90 Å². The van der Waals surface area contributed by atoms with E-state index in [0.717, 1.165) is 4.31 Å². The Hall–Kier alpha value is -2.45. The molecule has 0 unspecified atom stereocenters. The highest BCUT2D eigenvalue weighted by atomic mass is 32.2. The molecule has 1 amide bonds. The number of nitrogens with one attached hydrogen (secondary N) is 1. The fourth-order valence-electron chi connectivity index (χ4n) is 2.49. The molecule has 0 radical (unpaired) electrons. The molecule has 0 heterocycles. The van der Waals surface area contributed by atoms with Gasteiger partial charge in [-0.15, -0.1) is 0 Å². The minimum absolute atomic E-state index is 0.0701. The number of sulfonamides is 1. The SMILES string of the molecule is CCOc1ccc(S(=O)(=O)N(C)CC(=O)Nc2cc(F)ccc2C)cc1C. The zero-order valence-corrected chi connectivity index (χ0v) is 16.6. The van der Waals surface area contributed by atoms with Gasteiger partial charge in [0.25, 0.3) is 0 Å². The van der Waals surface area contributed by atoms with Crippen molar-refractivity contribution in [2.24, 2.45) is 0 Å². The van der Waals surface area contributed by atoms with Crippen LogP contribution in [0.4, 0.5) is 10.1 Å². The van der Waals surface area contributed by atoms with E-state index in [1.54, 1.807) is 19.9 Å². The summed E-state index contributed by atoms with van der Waals surface area (Å²) in [6, 6.07) is 8.56. The van der Waals surface area contributed by atoms with Crippen LogP contribution < -0.4 is 10.1 Å². The van der Waals surface area contributed by atoms with Crippen molar-refractivity contribution >= 4 is 21.6 Å². The van der Waals surface area contributed by atoms with Crippen LogP contribution in [-0.4, -0.2) is 38.8 Å². The maximum absolute atomic E-state index is 13.3. The van der Waals surface area contributed by atoms with Gasteiger partial charge >= 0.3 is 0 Å². The van der Waals surface area contributed by atoms with Gasteiger partial charge in [0.2, 0.25) is 15.9 Å². The van der Waals surface area contributed by atoms with Crippen LogP contribution in [0, 0.1) is 19.7 Å². The molecular weight excluding hydrogens is 371 g/mol. The van der Waals surface area contributed by atoms with Crippen molar-refractivity contribution in [3.8, 4) is 5.75 Å². The van der Waals surface area contributed by atoms with E-state index in [1.807, 2.05) is 6.92 Å². The topological polar surface area (TPSA) is 75.7 Å². The molecule has 8 heteroatoms. The molecule has 2 aromatic carbocycles. The molecule has 0 saturated carbocycles. The van der Waals surface area contributed by atoms with Gasteiger partial charge in [-0.05, 0) is 62.2 Å². The van der Waals surface area contributed by atoms with Gasteiger partial charge in [0.1, 0.15) is 11.6 Å². The Labute approximate surface area is 159 Å². The van der Waals surface area contributed by atoms with Gasteiger partial charge in [0.05, 0.1) is 18.0 Å². The molecule has 0 aliphatic carbocycles. The number of anilines is 1. The molecule has 1 N–H and O–H groups in total. The Kier molecular flexibility index (Phi) is 6.56. The number of rotatable bonds is 7. The average molecular weight is 394 g/mol. The van der Waals surface area contributed by atoms with Gasteiger partial charge in [-0.25, -0.2) is 12.8 Å². The summed E-state index contributed by atoms with van der Waals surface area (Å²) in [6.45, 7) is 5.40. The van der Waals surface area contributed by atoms with Crippen LogP contribution in [0.3, 0.4) is 0 Å². The predicted octanol–water partition coefficient (Wildman–Crippen LogP) is 3.10. The Balaban J connectivity index is 2.13. The smallest absolute Gasteiger partial charge is 0.243 e. The van der Waals surface area contributed by atoms with Gasteiger partial charge < -0.3 is 10.1 Å². The number of nitrogens with zero attached hydrogens (tertiary/aromatic N) is 1. The van der Waals surface area contributed by atoms with Crippen LogP contribution in [0.25, 0.3) is 0 Å². The molecule has 0 aliphatic heterocycles. The third-order valence-corrected chi connectivity index (χ3v) is 5.79. The highest BCUT2D eigenvalue weighted by molar-refractivity contribution is 7.89. The number of likely N-dealkylation sites (N-methyl/N-ethyl adjacent to an activating group) is 1. The average Bonchev–Trinajstić information content (AvgIpc) is 2.59. The van der Waals surface area contributed by atoms with E-state index in [0.29, 0.717) is 29.2 Å². The first kappa shape index (κ1) is 20.9. The van der Waals surface area contributed by atoms with Gasteiger partial charge in [-0.3, -0.25) is 4.79 Å². The van der Waals surface area contributed by atoms with Gasteiger partial charge in [-0.1, -0.05) is 6.07 Å². The third-order valence-electron chi connectivity index (χ3n) is 3.99. The zero-order valence-electron chi connectivity index (χ0n) is 15.7. The number of amides is 1. The summed E-state index contributed by atoms with van der Waals surface area (Å²) in [7, 11) is -2.54. The summed E-state index contributed by atoms with van der Waals surface area (Å²) in [6.07, 6.45) is 0. The van der Waals surface area contributed by atoms with E-state index in [9.17, 15) is 17.6 Å².